The Morgan fingerprint density at radius 3 is 2.44 bits per heavy atom. The lowest BCUT2D eigenvalue weighted by molar-refractivity contribution is 0.0106. The number of anilines is 1. The lowest BCUT2D eigenvalue weighted by atomic mass is 9.83. The summed E-state index contributed by atoms with van der Waals surface area (Å²) in [5, 5.41) is 13.6. The molecule has 2 saturated carbocycles. The van der Waals surface area contributed by atoms with Crippen LogP contribution in [0.1, 0.15) is 91.9 Å². The van der Waals surface area contributed by atoms with Crippen molar-refractivity contribution in [2.75, 3.05) is 25.5 Å². The summed E-state index contributed by atoms with van der Waals surface area (Å²) in [4.78, 5) is 25.9. The summed E-state index contributed by atoms with van der Waals surface area (Å²) in [5.74, 6) is 0.0689. The third-order valence-corrected chi connectivity index (χ3v) is 10.1. The van der Waals surface area contributed by atoms with Gasteiger partial charge in [-0.25, -0.2) is 14.4 Å². The smallest absolute Gasteiger partial charge is 0.261 e. The maximum absolute atomic E-state index is 16.1. The number of amides is 1. The molecular formula is C36H42FN5O3. The molecule has 3 fully saturated rings. The molecule has 0 spiro atoms. The number of benzene rings is 2. The van der Waals surface area contributed by atoms with Gasteiger partial charge in [0, 0.05) is 23.3 Å². The van der Waals surface area contributed by atoms with Crippen LogP contribution in [-0.4, -0.2) is 62.3 Å². The second-order valence-corrected chi connectivity index (χ2v) is 13.5. The number of imidazole rings is 1. The van der Waals surface area contributed by atoms with Crippen LogP contribution in [0.5, 0.6) is 5.75 Å². The molecule has 2 N–H and O–H groups in total. The third kappa shape index (κ3) is 5.95. The quantitative estimate of drug-likeness (QED) is 0.234. The summed E-state index contributed by atoms with van der Waals surface area (Å²) >= 11 is 0. The second kappa shape index (κ2) is 11.8. The molecule has 1 aliphatic heterocycles. The Morgan fingerprint density at radius 1 is 1.00 bits per heavy atom. The topological polar surface area (TPSA) is 92.5 Å². The van der Waals surface area contributed by atoms with Crippen molar-refractivity contribution in [3.05, 3.63) is 71.2 Å². The Balaban J connectivity index is 1.23. The number of ether oxygens (including phenoxy) is 1. The van der Waals surface area contributed by atoms with Crippen molar-refractivity contribution >= 4 is 22.9 Å². The van der Waals surface area contributed by atoms with Gasteiger partial charge in [-0.3, -0.25) is 10.1 Å². The number of pyridine rings is 1. The number of fused-ring (bicyclic) bond motifs is 1. The van der Waals surface area contributed by atoms with E-state index in [-0.39, 0.29) is 17.3 Å². The molecular weight excluding hydrogens is 569 g/mol. The van der Waals surface area contributed by atoms with Crippen molar-refractivity contribution in [2.45, 2.75) is 88.8 Å². The Morgan fingerprint density at radius 2 is 1.73 bits per heavy atom. The zero-order chi connectivity index (χ0) is 31.3. The Bertz CT molecular complexity index is 1730. The number of aromatic nitrogens is 3. The molecule has 0 unspecified atom stereocenters. The number of carbonyl (C=O) groups excluding carboxylic acids is 1. The number of para-hydroxylation sites is 1. The maximum atomic E-state index is 16.1. The molecule has 2 aromatic heterocycles. The molecule has 9 heteroatoms. The standard InChI is InChI=1S/C36H42FN5O3/c1-22-20-28(32(37)33(38-22)27-6-4-5-7-31(27)45-3)34(43)40-35-39-29-21-24(23-14-18-41(19-15-23)25-9-10-25)8-11-30(29)42(35)26-12-16-36(2,44)17-13-26/h4-8,11,20-21,23,25-26,44H,9-10,12-19H2,1-3H3,(H,39,40,43). The van der Waals surface area contributed by atoms with Gasteiger partial charge in [0.1, 0.15) is 11.4 Å². The fraction of sp³-hybridized carbons (Fsp3) is 0.472. The first-order chi connectivity index (χ1) is 21.7. The molecule has 4 aromatic rings. The van der Waals surface area contributed by atoms with Gasteiger partial charge < -0.3 is 19.3 Å². The average Bonchev–Trinajstić information content (AvgIpc) is 3.83. The number of halogens is 1. The van der Waals surface area contributed by atoms with Crippen LogP contribution < -0.4 is 10.1 Å². The highest BCUT2D eigenvalue weighted by Gasteiger charge is 2.34. The predicted octanol–water partition coefficient (Wildman–Crippen LogP) is 7.01. The minimum Gasteiger partial charge on any atom is -0.496 e. The van der Waals surface area contributed by atoms with Crippen LogP contribution in [0.15, 0.2) is 48.5 Å². The average molecular weight is 612 g/mol. The van der Waals surface area contributed by atoms with Gasteiger partial charge in [0.05, 0.1) is 29.3 Å². The molecule has 1 saturated heterocycles. The van der Waals surface area contributed by atoms with E-state index >= 15 is 4.39 Å². The highest BCUT2D eigenvalue weighted by atomic mass is 19.1. The van der Waals surface area contributed by atoms with Gasteiger partial charge in [-0.1, -0.05) is 18.2 Å². The van der Waals surface area contributed by atoms with E-state index in [0.29, 0.717) is 41.7 Å². The van der Waals surface area contributed by atoms with Crippen LogP contribution in [0.2, 0.25) is 0 Å². The Labute approximate surface area is 263 Å². The number of aryl methyl sites for hydroxylation is 1. The Hall–Kier alpha value is -3.82. The fourth-order valence-corrected chi connectivity index (χ4v) is 7.36. The minimum atomic E-state index is -0.709. The van der Waals surface area contributed by atoms with Gasteiger partial charge in [0.25, 0.3) is 5.91 Å². The summed E-state index contributed by atoms with van der Waals surface area (Å²) in [5.41, 5.74) is 3.31. The van der Waals surface area contributed by atoms with Gasteiger partial charge >= 0.3 is 0 Å². The van der Waals surface area contributed by atoms with Crippen LogP contribution in [0.3, 0.4) is 0 Å². The van der Waals surface area contributed by atoms with Crippen molar-refractivity contribution in [3.8, 4) is 17.0 Å². The van der Waals surface area contributed by atoms with E-state index in [1.54, 1.807) is 31.2 Å². The summed E-state index contributed by atoms with van der Waals surface area (Å²) in [6.07, 6.45) is 7.77. The zero-order valence-electron chi connectivity index (χ0n) is 26.4. The van der Waals surface area contributed by atoms with Gasteiger partial charge in [-0.05, 0) is 120 Å². The SMILES string of the molecule is COc1ccccc1-c1nc(C)cc(C(=O)Nc2nc3cc(C4CCN(C5CC5)CC4)ccc3n2C2CCC(C)(O)CC2)c1F. The number of likely N-dealkylation sites (tertiary alicyclic amines) is 1. The number of hydrogen-bond acceptors (Lipinski definition) is 6. The molecule has 45 heavy (non-hydrogen) atoms. The number of carbonyl (C=O) groups is 1. The molecule has 0 radical (unpaired) electrons. The molecule has 236 valence electrons. The second-order valence-electron chi connectivity index (χ2n) is 13.5. The number of nitrogens with zero attached hydrogens (tertiary/aromatic N) is 4. The maximum Gasteiger partial charge on any atom is 0.261 e. The molecule has 2 aromatic carbocycles. The van der Waals surface area contributed by atoms with Crippen LogP contribution in [-0.2, 0) is 0 Å². The van der Waals surface area contributed by atoms with Crippen molar-refractivity contribution in [2.24, 2.45) is 0 Å². The molecule has 8 nitrogen and oxygen atoms in total. The summed E-state index contributed by atoms with van der Waals surface area (Å²) in [6, 6.07) is 15.9. The van der Waals surface area contributed by atoms with E-state index in [1.807, 2.05) is 6.92 Å². The lowest BCUT2D eigenvalue weighted by Gasteiger charge is -2.34. The van der Waals surface area contributed by atoms with Gasteiger partial charge in [0.2, 0.25) is 5.95 Å². The Kier molecular flexibility index (Phi) is 7.86. The summed E-state index contributed by atoms with van der Waals surface area (Å²) in [6.45, 7) is 5.90. The lowest BCUT2D eigenvalue weighted by Crippen LogP contribution is -2.34. The van der Waals surface area contributed by atoms with Crippen molar-refractivity contribution in [1.29, 1.82) is 0 Å². The van der Waals surface area contributed by atoms with E-state index in [9.17, 15) is 9.90 Å². The van der Waals surface area contributed by atoms with Crippen LogP contribution in [0.25, 0.3) is 22.3 Å². The van der Waals surface area contributed by atoms with Gasteiger partial charge in [0.15, 0.2) is 5.82 Å². The van der Waals surface area contributed by atoms with E-state index in [4.69, 9.17) is 9.72 Å². The normalized spacial score (nSPS) is 22.9. The van der Waals surface area contributed by atoms with Crippen molar-refractivity contribution in [3.63, 3.8) is 0 Å². The number of hydrogen-bond donors (Lipinski definition) is 2. The monoisotopic (exact) mass is 611 g/mol. The highest BCUT2D eigenvalue weighted by Crippen LogP contribution is 2.40. The summed E-state index contributed by atoms with van der Waals surface area (Å²) in [7, 11) is 1.53. The van der Waals surface area contributed by atoms with Gasteiger partial charge in [-0.2, -0.15) is 0 Å². The molecule has 7 rings (SSSR count). The molecule has 3 aliphatic rings. The van der Waals surface area contributed by atoms with E-state index in [2.05, 4.69) is 38.0 Å². The predicted molar refractivity (Wildman–Crippen MR) is 173 cm³/mol. The molecule has 0 bridgehead atoms. The van der Waals surface area contributed by atoms with E-state index in [0.717, 1.165) is 55.8 Å². The number of nitrogens with one attached hydrogen (secondary N) is 1. The first-order valence-electron chi connectivity index (χ1n) is 16.3. The third-order valence-electron chi connectivity index (χ3n) is 10.1. The molecule has 2 aliphatic carbocycles. The molecule has 3 heterocycles. The van der Waals surface area contributed by atoms with E-state index < -0.39 is 17.3 Å². The number of piperidine rings is 1. The van der Waals surface area contributed by atoms with Crippen LogP contribution in [0.4, 0.5) is 10.3 Å². The highest BCUT2D eigenvalue weighted by molar-refractivity contribution is 6.05. The van der Waals surface area contributed by atoms with Crippen LogP contribution >= 0.6 is 0 Å². The van der Waals surface area contributed by atoms with Crippen molar-refractivity contribution in [1.82, 2.24) is 19.4 Å². The first-order valence-corrected chi connectivity index (χ1v) is 16.3. The number of aliphatic hydroxyl groups is 1. The van der Waals surface area contributed by atoms with Crippen LogP contribution in [0, 0.1) is 12.7 Å². The summed E-state index contributed by atoms with van der Waals surface area (Å²) < 4.78 is 23.6. The molecule has 0 atom stereocenters. The zero-order valence-corrected chi connectivity index (χ0v) is 26.4. The minimum absolute atomic E-state index is 0.0475. The number of rotatable bonds is 7. The van der Waals surface area contributed by atoms with Crippen molar-refractivity contribution < 1.29 is 19.0 Å². The largest absolute Gasteiger partial charge is 0.496 e. The van der Waals surface area contributed by atoms with E-state index in [1.165, 1.54) is 31.6 Å². The van der Waals surface area contributed by atoms with Gasteiger partial charge in [-0.15, -0.1) is 0 Å². The number of methoxy groups -OCH3 is 1. The molecule has 1 amide bonds. The fourth-order valence-electron chi connectivity index (χ4n) is 7.36. The first kappa shape index (κ1) is 29.9.